The summed E-state index contributed by atoms with van der Waals surface area (Å²) in [6.45, 7) is 0. The monoisotopic (exact) mass is 404 g/mol. The largest absolute Gasteiger partial charge is 0.460 e. The molecule has 0 radical (unpaired) electrons. The highest BCUT2D eigenvalue weighted by molar-refractivity contribution is 5.40. The molecular weight excluding hydrogens is 394 g/mol. The van der Waals surface area contributed by atoms with Gasteiger partial charge < -0.3 is 0 Å². The molecule has 0 unspecified atom stereocenters. The Hall–Kier alpha value is -2.26. The van der Waals surface area contributed by atoms with Gasteiger partial charge in [0, 0.05) is 0 Å². The first-order valence-corrected chi connectivity index (χ1v) is 7.21. The minimum Gasteiger partial charge on any atom is -0.226 e. The van der Waals surface area contributed by atoms with E-state index >= 15 is 4.39 Å². The molecule has 0 heterocycles. The van der Waals surface area contributed by atoms with Crippen LogP contribution in [0, 0.1) is 0 Å². The lowest BCUT2D eigenvalue weighted by atomic mass is 9.78. The van der Waals surface area contributed by atoms with E-state index in [1.54, 1.807) is 0 Å². The second-order valence-corrected chi connectivity index (χ2v) is 5.61. The van der Waals surface area contributed by atoms with Crippen LogP contribution in [0.25, 0.3) is 0 Å². The molecule has 0 saturated carbocycles. The van der Waals surface area contributed by atoms with E-state index < -0.39 is 40.7 Å². The van der Waals surface area contributed by atoms with Gasteiger partial charge in [-0.15, -0.1) is 0 Å². The van der Waals surface area contributed by atoms with Crippen molar-refractivity contribution in [2.24, 2.45) is 0 Å². The zero-order valence-electron chi connectivity index (χ0n) is 13.1. The van der Waals surface area contributed by atoms with E-state index in [1.807, 2.05) is 0 Å². The van der Waals surface area contributed by atoms with E-state index in [1.165, 1.54) is 12.1 Å². The van der Waals surface area contributed by atoms with Crippen LogP contribution >= 0.6 is 0 Å². The molecule has 0 fully saturated rings. The summed E-state index contributed by atoms with van der Waals surface area (Å²) < 4.78 is 136. The number of halogens is 10. The van der Waals surface area contributed by atoms with Crippen LogP contribution in [0.3, 0.4) is 0 Å². The molecule has 0 N–H and O–H groups in total. The van der Waals surface area contributed by atoms with E-state index in [2.05, 4.69) is 0 Å². The SMILES string of the molecule is FC(F)(F)C(F)(F)C(F)(F)C(F)(F)C(F)(c1ccccc1)c1ccccc1. The van der Waals surface area contributed by atoms with Gasteiger partial charge in [-0.3, -0.25) is 0 Å². The number of hydrogen-bond donors (Lipinski definition) is 0. The van der Waals surface area contributed by atoms with Crippen molar-refractivity contribution in [1.82, 2.24) is 0 Å². The highest BCUT2D eigenvalue weighted by Gasteiger charge is 2.86. The summed E-state index contributed by atoms with van der Waals surface area (Å²) in [5, 5.41) is 0. The van der Waals surface area contributed by atoms with Crippen LogP contribution in [0.1, 0.15) is 11.1 Å². The average Bonchev–Trinajstić information content (AvgIpc) is 2.61. The minimum atomic E-state index is -7.19. The van der Waals surface area contributed by atoms with Gasteiger partial charge in [-0.05, 0) is 11.1 Å². The number of alkyl halides is 10. The van der Waals surface area contributed by atoms with Gasteiger partial charge in [0.25, 0.3) is 0 Å². The molecule has 0 amide bonds. The lowest BCUT2D eigenvalue weighted by molar-refractivity contribution is -0.410. The molecule has 2 aromatic rings. The highest BCUT2D eigenvalue weighted by Crippen LogP contribution is 2.60. The average molecular weight is 404 g/mol. The van der Waals surface area contributed by atoms with Gasteiger partial charge in [0.05, 0.1) is 0 Å². The summed E-state index contributed by atoms with van der Waals surface area (Å²) in [5.74, 6) is -20.8. The van der Waals surface area contributed by atoms with E-state index in [0.717, 1.165) is 24.3 Å². The smallest absolute Gasteiger partial charge is 0.226 e. The van der Waals surface area contributed by atoms with Crippen LogP contribution in [-0.4, -0.2) is 23.9 Å². The van der Waals surface area contributed by atoms with Gasteiger partial charge in [-0.1, -0.05) is 60.7 Å². The summed E-state index contributed by atoms with van der Waals surface area (Å²) >= 11 is 0. The van der Waals surface area contributed by atoms with Gasteiger partial charge in [0.2, 0.25) is 5.67 Å². The molecule has 10 heteroatoms. The molecule has 0 aliphatic rings. The van der Waals surface area contributed by atoms with Crippen molar-refractivity contribution in [3.05, 3.63) is 71.8 Å². The van der Waals surface area contributed by atoms with Crippen LogP contribution < -0.4 is 0 Å². The van der Waals surface area contributed by atoms with Gasteiger partial charge in [0.1, 0.15) is 0 Å². The Morgan fingerprint density at radius 2 is 0.741 bits per heavy atom. The molecule has 0 aliphatic carbocycles. The number of hydrogen-bond acceptors (Lipinski definition) is 0. The van der Waals surface area contributed by atoms with Crippen LogP contribution in [0.2, 0.25) is 0 Å². The normalized spacial score (nSPS) is 14.3. The fourth-order valence-electron chi connectivity index (χ4n) is 2.46. The van der Waals surface area contributed by atoms with Crippen molar-refractivity contribution in [2.45, 2.75) is 29.6 Å². The molecule has 0 spiro atoms. The maximum atomic E-state index is 15.5. The summed E-state index contributed by atoms with van der Waals surface area (Å²) in [7, 11) is 0. The Morgan fingerprint density at radius 3 is 1.04 bits per heavy atom. The molecule has 148 valence electrons. The Kier molecular flexibility index (Phi) is 5.00. The van der Waals surface area contributed by atoms with Crippen LogP contribution in [-0.2, 0) is 5.67 Å². The van der Waals surface area contributed by atoms with Gasteiger partial charge >= 0.3 is 23.9 Å². The highest BCUT2D eigenvalue weighted by atomic mass is 19.4. The first kappa shape index (κ1) is 21.0. The lowest BCUT2D eigenvalue weighted by Crippen LogP contribution is -2.66. The number of benzene rings is 2. The summed E-state index contributed by atoms with van der Waals surface area (Å²) in [6.07, 6.45) is -7.03. The maximum absolute atomic E-state index is 15.5. The van der Waals surface area contributed by atoms with E-state index in [-0.39, 0.29) is 0 Å². The van der Waals surface area contributed by atoms with Crippen molar-refractivity contribution in [1.29, 1.82) is 0 Å². The van der Waals surface area contributed by atoms with E-state index in [4.69, 9.17) is 0 Å². The van der Waals surface area contributed by atoms with Gasteiger partial charge in [-0.25, -0.2) is 4.39 Å². The summed E-state index contributed by atoms with van der Waals surface area (Å²) in [6, 6.07) is 8.51. The predicted octanol–water partition coefficient (Wildman–Crippen LogP) is 6.37. The molecule has 0 aromatic heterocycles. The van der Waals surface area contributed by atoms with Gasteiger partial charge in [0.15, 0.2) is 0 Å². The minimum absolute atomic E-state index is 0.586. The molecule has 2 rings (SSSR count). The first-order chi connectivity index (χ1) is 12.2. The maximum Gasteiger partial charge on any atom is 0.460 e. The zero-order valence-corrected chi connectivity index (χ0v) is 13.1. The lowest BCUT2D eigenvalue weighted by Gasteiger charge is -2.41. The van der Waals surface area contributed by atoms with Crippen molar-refractivity contribution in [3.8, 4) is 0 Å². The molecular formula is C17H10F10. The predicted molar refractivity (Wildman–Crippen MR) is 75.7 cm³/mol. The van der Waals surface area contributed by atoms with Gasteiger partial charge in [-0.2, -0.15) is 39.5 Å². The van der Waals surface area contributed by atoms with Crippen LogP contribution in [0.4, 0.5) is 43.9 Å². The molecule has 0 saturated heterocycles. The van der Waals surface area contributed by atoms with Crippen molar-refractivity contribution >= 4 is 0 Å². The standard InChI is InChI=1S/C17H10F10/c18-13(11-7-3-1-4-8-11,12-9-5-2-6-10-12)14(19,20)15(21,22)16(23,24)17(25,26)27/h1-10H. The Balaban J connectivity index is 2.80. The molecule has 0 nitrogen and oxygen atoms in total. The third-order valence-corrected chi connectivity index (χ3v) is 3.92. The fourth-order valence-corrected chi connectivity index (χ4v) is 2.46. The summed E-state index contributed by atoms with van der Waals surface area (Å²) in [5.41, 5.74) is -7.09. The quantitative estimate of drug-likeness (QED) is 0.508. The second-order valence-electron chi connectivity index (χ2n) is 5.61. The van der Waals surface area contributed by atoms with Crippen LogP contribution in [0.15, 0.2) is 60.7 Å². The van der Waals surface area contributed by atoms with Crippen molar-refractivity contribution in [3.63, 3.8) is 0 Å². The molecule has 2 aromatic carbocycles. The zero-order chi connectivity index (χ0) is 20.7. The second kappa shape index (κ2) is 6.42. The molecule has 27 heavy (non-hydrogen) atoms. The third-order valence-electron chi connectivity index (χ3n) is 3.92. The van der Waals surface area contributed by atoms with E-state index in [0.29, 0.717) is 24.3 Å². The first-order valence-electron chi connectivity index (χ1n) is 7.21. The van der Waals surface area contributed by atoms with Crippen molar-refractivity contribution in [2.75, 3.05) is 0 Å². The summed E-state index contributed by atoms with van der Waals surface area (Å²) in [4.78, 5) is 0. The molecule has 0 aliphatic heterocycles. The molecule has 0 atom stereocenters. The van der Waals surface area contributed by atoms with Crippen LogP contribution in [0.5, 0.6) is 0 Å². The third kappa shape index (κ3) is 2.94. The van der Waals surface area contributed by atoms with Crippen molar-refractivity contribution < 1.29 is 43.9 Å². The van der Waals surface area contributed by atoms with E-state index in [9.17, 15) is 39.5 Å². The number of rotatable bonds is 5. The Morgan fingerprint density at radius 1 is 0.407 bits per heavy atom. The Bertz CT molecular complexity index is 726. The molecule has 0 bridgehead atoms. The Labute approximate surface area is 146 Å². The fraction of sp³-hybridized carbons (Fsp3) is 0.294. The topological polar surface area (TPSA) is 0 Å².